The molecule has 42 heavy (non-hydrogen) atoms. The molecule has 1 aliphatic heterocycles. The molecule has 1 saturated heterocycles. The van der Waals surface area contributed by atoms with Gasteiger partial charge >= 0.3 is 5.97 Å². The highest BCUT2D eigenvalue weighted by Crippen LogP contribution is 2.33. The minimum absolute atomic E-state index is 0.00673. The minimum atomic E-state index is -1.04. The molecule has 9 heteroatoms. The molecular formula is C33H33N3O6. The summed E-state index contributed by atoms with van der Waals surface area (Å²) in [5.41, 5.74) is 4.11. The van der Waals surface area contributed by atoms with Crippen LogP contribution in [0.5, 0.6) is 0 Å². The molecule has 1 fully saturated rings. The maximum Gasteiger partial charge on any atom is 0.337 e. The van der Waals surface area contributed by atoms with Crippen LogP contribution in [0.2, 0.25) is 0 Å². The number of anilines is 1. The second-order valence-corrected chi connectivity index (χ2v) is 10.7. The lowest BCUT2D eigenvalue weighted by atomic mass is 9.98. The fourth-order valence-electron chi connectivity index (χ4n) is 5.44. The fraction of sp³-hybridized carbons (Fsp3) is 0.273. The quantitative estimate of drug-likeness (QED) is 0.326. The molecule has 1 aliphatic rings. The van der Waals surface area contributed by atoms with Crippen LogP contribution in [0.25, 0.3) is 22.3 Å². The Hall–Kier alpha value is -4.92. The first-order valence-corrected chi connectivity index (χ1v) is 13.9. The van der Waals surface area contributed by atoms with Gasteiger partial charge in [-0.3, -0.25) is 14.4 Å². The van der Waals surface area contributed by atoms with Gasteiger partial charge in [-0.2, -0.15) is 0 Å². The molecule has 0 saturated carbocycles. The number of carbonyl (C=O) groups excluding carboxylic acids is 2. The summed E-state index contributed by atoms with van der Waals surface area (Å²) in [5, 5.41) is 13.3. The highest BCUT2D eigenvalue weighted by molar-refractivity contribution is 5.95. The normalized spacial score (nSPS) is 14.1. The molecule has 0 radical (unpaired) electrons. The highest BCUT2D eigenvalue weighted by atomic mass is 16.4. The topological polar surface area (TPSA) is 120 Å². The van der Waals surface area contributed by atoms with Crippen LogP contribution in [0.1, 0.15) is 57.3 Å². The molecule has 4 aromatic rings. The van der Waals surface area contributed by atoms with Crippen molar-refractivity contribution >= 4 is 34.4 Å². The van der Waals surface area contributed by atoms with E-state index in [9.17, 15) is 24.3 Å². The molecule has 3 aromatic carbocycles. The highest BCUT2D eigenvalue weighted by Gasteiger charge is 2.24. The third kappa shape index (κ3) is 5.50. The van der Waals surface area contributed by atoms with E-state index in [1.165, 1.54) is 13.0 Å². The molecule has 2 N–H and O–H groups in total. The summed E-state index contributed by atoms with van der Waals surface area (Å²) in [4.78, 5) is 53.5. The van der Waals surface area contributed by atoms with E-state index in [0.717, 1.165) is 11.1 Å². The van der Waals surface area contributed by atoms with Gasteiger partial charge in [0.2, 0.25) is 5.91 Å². The zero-order valence-electron chi connectivity index (χ0n) is 24.1. The van der Waals surface area contributed by atoms with Gasteiger partial charge in [-0.1, -0.05) is 30.3 Å². The monoisotopic (exact) mass is 567 g/mol. The summed E-state index contributed by atoms with van der Waals surface area (Å²) in [6, 6.07) is 17.0. The van der Waals surface area contributed by atoms with Crippen molar-refractivity contribution in [3.63, 3.8) is 0 Å². The lowest BCUT2D eigenvalue weighted by molar-refractivity contribution is -0.130. The van der Waals surface area contributed by atoms with Crippen molar-refractivity contribution in [2.45, 2.75) is 33.7 Å². The molecule has 1 aromatic heterocycles. The van der Waals surface area contributed by atoms with Crippen molar-refractivity contribution < 1.29 is 23.9 Å². The second kappa shape index (κ2) is 11.5. The summed E-state index contributed by atoms with van der Waals surface area (Å²) in [5.74, 6) is -0.734. The van der Waals surface area contributed by atoms with Crippen LogP contribution in [0.3, 0.4) is 0 Å². The molecule has 0 bridgehead atoms. The first-order chi connectivity index (χ1) is 20.0. The van der Waals surface area contributed by atoms with Gasteiger partial charge in [0.15, 0.2) is 5.43 Å². The van der Waals surface area contributed by atoms with E-state index in [1.54, 1.807) is 65.3 Å². The van der Waals surface area contributed by atoms with Gasteiger partial charge in [0.05, 0.1) is 17.0 Å². The predicted molar refractivity (Wildman–Crippen MR) is 161 cm³/mol. The van der Waals surface area contributed by atoms with E-state index in [1.807, 2.05) is 19.9 Å². The van der Waals surface area contributed by atoms with Gasteiger partial charge in [0.25, 0.3) is 5.91 Å². The van der Waals surface area contributed by atoms with Crippen molar-refractivity contribution in [1.29, 1.82) is 0 Å². The number of aromatic carboxylic acids is 1. The third-order valence-corrected chi connectivity index (χ3v) is 7.79. The number of hydrogen-bond donors (Lipinski definition) is 2. The van der Waals surface area contributed by atoms with Crippen molar-refractivity contribution in [2.75, 3.05) is 31.5 Å². The van der Waals surface area contributed by atoms with E-state index in [0.29, 0.717) is 65.3 Å². The minimum Gasteiger partial charge on any atom is -0.478 e. The Morgan fingerprint density at radius 1 is 0.929 bits per heavy atom. The van der Waals surface area contributed by atoms with E-state index >= 15 is 0 Å². The van der Waals surface area contributed by atoms with Crippen molar-refractivity contribution in [3.8, 4) is 11.3 Å². The summed E-state index contributed by atoms with van der Waals surface area (Å²) < 4.78 is 6.44. The van der Waals surface area contributed by atoms with Gasteiger partial charge in [0.1, 0.15) is 11.3 Å². The lowest BCUT2D eigenvalue weighted by Crippen LogP contribution is -2.50. The number of carboxylic acids is 1. The maximum atomic E-state index is 13.6. The Bertz CT molecular complexity index is 1750. The van der Waals surface area contributed by atoms with E-state index in [2.05, 4.69) is 5.32 Å². The summed E-state index contributed by atoms with van der Waals surface area (Å²) in [7, 11) is 0. The number of carbonyl (C=O) groups is 3. The maximum absolute atomic E-state index is 13.6. The third-order valence-electron chi connectivity index (χ3n) is 7.79. The number of nitrogens with one attached hydrogen (secondary N) is 1. The number of nitrogens with zero attached hydrogens (tertiary/aromatic N) is 2. The number of benzene rings is 3. The largest absolute Gasteiger partial charge is 0.478 e. The van der Waals surface area contributed by atoms with E-state index in [-0.39, 0.29) is 28.8 Å². The van der Waals surface area contributed by atoms with Crippen LogP contribution in [0.15, 0.2) is 69.9 Å². The number of para-hydroxylation sites is 1. The van der Waals surface area contributed by atoms with Crippen LogP contribution in [-0.4, -0.2) is 58.9 Å². The Balaban J connectivity index is 1.48. The molecule has 1 atom stereocenters. The number of hydrogen-bond acceptors (Lipinski definition) is 6. The standard InChI is InChI=1S/C33H33N3O6/c1-19-17-26(21(3)34-28-8-6-5-7-25(28)33(40)41)31-27(18-19)29(38)20(2)30(42-31)23-9-11-24(12-10-23)32(39)36-15-13-35(14-16-36)22(4)37/h5-12,17-18,21,34H,13-16H2,1-4H3,(H,40,41)/t21-/m1/s1. The SMILES string of the molecule is CC(=O)N1CCN(C(=O)c2ccc(-c3oc4c([C@@H](C)Nc5ccccc5C(=O)O)cc(C)cc4c(=O)c3C)cc2)CC1. The van der Waals surface area contributed by atoms with E-state index in [4.69, 9.17) is 4.42 Å². The second-order valence-electron chi connectivity index (χ2n) is 10.7. The first-order valence-electron chi connectivity index (χ1n) is 13.9. The number of aryl methyl sites for hydroxylation is 1. The predicted octanol–water partition coefficient (Wildman–Crippen LogP) is 5.25. The van der Waals surface area contributed by atoms with Gasteiger partial charge in [-0.15, -0.1) is 0 Å². The molecule has 216 valence electrons. The molecule has 0 unspecified atom stereocenters. The molecule has 5 rings (SSSR count). The van der Waals surface area contributed by atoms with Crippen LogP contribution in [0, 0.1) is 13.8 Å². The first kappa shape index (κ1) is 28.6. The molecule has 2 heterocycles. The lowest BCUT2D eigenvalue weighted by Gasteiger charge is -2.34. The number of piperazine rings is 1. The zero-order valence-corrected chi connectivity index (χ0v) is 24.1. The average molecular weight is 568 g/mol. The zero-order chi connectivity index (χ0) is 30.1. The number of rotatable bonds is 6. The van der Waals surface area contributed by atoms with Crippen molar-refractivity contribution in [1.82, 2.24) is 9.80 Å². The van der Waals surface area contributed by atoms with Gasteiger partial charge < -0.3 is 24.6 Å². The number of fused-ring (bicyclic) bond motifs is 1. The summed E-state index contributed by atoms with van der Waals surface area (Å²) in [6.45, 7) is 9.02. The van der Waals surface area contributed by atoms with Crippen LogP contribution in [0.4, 0.5) is 5.69 Å². The van der Waals surface area contributed by atoms with Crippen molar-refractivity contribution in [3.05, 3.63) is 98.7 Å². The van der Waals surface area contributed by atoms with Gasteiger partial charge in [0, 0.05) is 61.0 Å². The smallest absolute Gasteiger partial charge is 0.337 e. The number of amides is 2. The summed E-state index contributed by atoms with van der Waals surface area (Å²) >= 11 is 0. The van der Waals surface area contributed by atoms with Gasteiger partial charge in [-0.25, -0.2) is 4.79 Å². The molecule has 0 aliphatic carbocycles. The molecule has 0 spiro atoms. The Kier molecular flexibility index (Phi) is 7.85. The fourth-order valence-corrected chi connectivity index (χ4v) is 5.44. The molecule has 2 amide bonds. The van der Waals surface area contributed by atoms with E-state index < -0.39 is 5.97 Å². The van der Waals surface area contributed by atoms with Crippen molar-refractivity contribution in [2.24, 2.45) is 0 Å². The molecular weight excluding hydrogens is 534 g/mol. The molecule has 9 nitrogen and oxygen atoms in total. The number of carboxylic acid groups (broad SMARTS) is 1. The summed E-state index contributed by atoms with van der Waals surface area (Å²) in [6.07, 6.45) is 0. The van der Waals surface area contributed by atoms with Gasteiger partial charge in [-0.05, 0) is 56.7 Å². The Morgan fingerprint density at radius 2 is 1.57 bits per heavy atom. The van der Waals surface area contributed by atoms with Crippen LogP contribution < -0.4 is 10.7 Å². The van der Waals surface area contributed by atoms with Crippen LogP contribution in [-0.2, 0) is 4.79 Å². The average Bonchev–Trinajstić information content (AvgIpc) is 2.98. The van der Waals surface area contributed by atoms with Crippen LogP contribution >= 0.6 is 0 Å². The Morgan fingerprint density at radius 3 is 2.21 bits per heavy atom. The Labute approximate surface area is 243 Å².